The van der Waals surface area contributed by atoms with Gasteiger partial charge in [-0.05, 0) is 60.1 Å². The molecule has 7 nitrogen and oxygen atoms in total. The quantitative estimate of drug-likeness (QED) is 0.218. The van der Waals surface area contributed by atoms with Crippen molar-refractivity contribution in [3.05, 3.63) is 72.9 Å². The molecule has 0 spiro atoms. The number of nitrogens with one attached hydrogen (secondary N) is 2. The van der Waals surface area contributed by atoms with Crippen LogP contribution >= 0.6 is 0 Å². The maximum absolute atomic E-state index is 13.5. The van der Waals surface area contributed by atoms with Crippen LogP contribution in [0.3, 0.4) is 0 Å². The number of hydrogen-bond acceptors (Lipinski definition) is 6. The minimum Gasteiger partial charge on any atom is -0.454 e. The van der Waals surface area contributed by atoms with Gasteiger partial charge in [0.1, 0.15) is 5.82 Å². The third kappa shape index (κ3) is 6.10. The first-order valence-electron chi connectivity index (χ1n) is 11.8. The van der Waals surface area contributed by atoms with E-state index in [1.54, 1.807) is 6.07 Å². The van der Waals surface area contributed by atoms with Crippen LogP contribution in [-0.4, -0.2) is 55.9 Å². The Hall–Kier alpha value is -2.31. The molecule has 1 saturated heterocycles. The largest absolute Gasteiger partial charge is 0.454 e. The molecule has 0 radical (unpaired) electrons. The fraction of sp³-hybridized carbons (Fsp3) is 0.308. The summed E-state index contributed by atoms with van der Waals surface area (Å²) in [6, 6.07) is 13.2. The zero-order valence-electron chi connectivity index (χ0n) is 19.4. The van der Waals surface area contributed by atoms with Crippen molar-refractivity contribution in [3.63, 3.8) is 0 Å². The standard InChI is InChI=1S/C26H27FN7.U/c27-24-15-21(6-8-28-24)20-3-4-22-23(14-20)31-26(30-22)32-25-13-19(5-7-29-25)17-34-11-9-33(10-12-34)16-18-1-2-18;/h3-8,13-16,18H,1-2,9-12,17H2,(H2,29,30,31,32);/q-1;. The summed E-state index contributed by atoms with van der Waals surface area (Å²) in [5, 5.41) is 3.30. The summed E-state index contributed by atoms with van der Waals surface area (Å²) in [6.45, 7) is 7.75. The second-order valence-electron chi connectivity index (χ2n) is 9.16. The topological polar surface area (TPSA) is 73.0 Å². The van der Waals surface area contributed by atoms with E-state index in [9.17, 15) is 4.39 Å². The Balaban J connectivity index is 0.00000253. The number of aromatic amines is 1. The Morgan fingerprint density at radius 1 is 0.971 bits per heavy atom. The summed E-state index contributed by atoms with van der Waals surface area (Å²) in [6.07, 6.45) is 6.04. The predicted molar refractivity (Wildman–Crippen MR) is 131 cm³/mol. The Kier molecular flexibility index (Phi) is 7.49. The molecule has 1 aliphatic heterocycles. The van der Waals surface area contributed by atoms with E-state index in [1.807, 2.05) is 24.4 Å². The molecule has 0 bridgehead atoms. The number of anilines is 2. The van der Waals surface area contributed by atoms with Crippen LogP contribution in [0.1, 0.15) is 18.4 Å². The maximum atomic E-state index is 13.5. The number of piperazine rings is 1. The second-order valence-corrected chi connectivity index (χ2v) is 9.16. The molecule has 1 aromatic carbocycles. The van der Waals surface area contributed by atoms with E-state index >= 15 is 0 Å². The van der Waals surface area contributed by atoms with Crippen molar-refractivity contribution < 1.29 is 35.5 Å². The van der Waals surface area contributed by atoms with Gasteiger partial charge in [-0.1, -0.05) is 18.9 Å². The number of pyridine rings is 2. The van der Waals surface area contributed by atoms with Crippen molar-refractivity contribution in [1.82, 2.24) is 29.7 Å². The number of rotatable bonds is 7. The summed E-state index contributed by atoms with van der Waals surface area (Å²) in [5.41, 5.74) is 4.61. The fourth-order valence-corrected chi connectivity index (χ4v) is 4.46. The van der Waals surface area contributed by atoms with Crippen LogP contribution in [0.2, 0.25) is 0 Å². The molecule has 35 heavy (non-hydrogen) atoms. The minimum atomic E-state index is -0.492. The van der Waals surface area contributed by atoms with E-state index in [2.05, 4.69) is 53.7 Å². The van der Waals surface area contributed by atoms with Crippen LogP contribution < -0.4 is 5.32 Å². The van der Waals surface area contributed by atoms with E-state index in [4.69, 9.17) is 0 Å². The van der Waals surface area contributed by atoms with E-state index in [-0.39, 0.29) is 31.1 Å². The van der Waals surface area contributed by atoms with Crippen molar-refractivity contribution in [2.75, 3.05) is 31.5 Å². The molecule has 1 saturated carbocycles. The summed E-state index contributed by atoms with van der Waals surface area (Å²) in [7, 11) is 0. The van der Waals surface area contributed by atoms with Crippen molar-refractivity contribution in [2.45, 2.75) is 19.4 Å². The Morgan fingerprint density at radius 3 is 2.57 bits per heavy atom. The van der Waals surface area contributed by atoms with Crippen LogP contribution in [0.25, 0.3) is 22.2 Å². The molecule has 178 valence electrons. The maximum Gasteiger partial charge on any atom is 0.213 e. The number of benzene rings is 1. The van der Waals surface area contributed by atoms with Gasteiger partial charge in [0.05, 0.1) is 11.0 Å². The van der Waals surface area contributed by atoms with Gasteiger partial charge in [-0.15, -0.1) is 0 Å². The van der Waals surface area contributed by atoms with E-state index in [1.165, 1.54) is 30.7 Å². The van der Waals surface area contributed by atoms with E-state index < -0.39 is 5.95 Å². The van der Waals surface area contributed by atoms with Gasteiger partial charge in [-0.25, -0.2) is 15.0 Å². The normalized spacial score (nSPS) is 16.8. The first kappa shape index (κ1) is 24.4. The third-order valence-electron chi connectivity index (χ3n) is 6.47. The molecule has 2 N–H and O–H groups in total. The number of imidazole rings is 1. The van der Waals surface area contributed by atoms with Crippen LogP contribution in [0.4, 0.5) is 16.2 Å². The number of hydrogen-bond donors (Lipinski definition) is 2. The van der Waals surface area contributed by atoms with Gasteiger partial charge in [0.15, 0.2) is 0 Å². The Morgan fingerprint density at radius 2 is 1.77 bits per heavy atom. The first-order chi connectivity index (χ1) is 16.7. The van der Waals surface area contributed by atoms with Crippen LogP contribution in [0, 0.1) is 49.5 Å². The Bertz CT molecular complexity index is 1300. The molecular formula is C26H27FN7U-. The average Bonchev–Trinajstić information content (AvgIpc) is 3.57. The molecule has 4 aromatic rings. The number of nitrogens with zero attached hydrogens (tertiary/aromatic N) is 5. The summed E-state index contributed by atoms with van der Waals surface area (Å²) in [4.78, 5) is 21.0. The average molecular weight is 695 g/mol. The molecule has 4 heterocycles. The number of aromatic nitrogens is 4. The first-order valence-corrected chi connectivity index (χ1v) is 11.8. The van der Waals surface area contributed by atoms with E-state index in [0.29, 0.717) is 5.95 Å². The molecule has 6 rings (SSSR count). The van der Waals surface area contributed by atoms with Gasteiger partial charge in [-0.3, -0.25) is 11.4 Å². The van der Waals surface area contributed by atoms with Crippen molar-refractivity contribution in [3.8, 4) is 11.1 Å². The smallest absolute Gasteiger partial charge is 0.213 e. The molecule has 0 atom stereocenters. The fourth-order valence-electron chi connectivity index (χ4n) is 4.46. The molecule has 0 amide bonds. The zero-order valence-corrected chi connectivity index (χ0v) is 23.6. The van der Waals surface area contributed by atoms with Crippen molar-refractivity contribution in [1.29, 1.82) is 0 Å². The van der Waals surface area contributed by atoms with E-state index in [0.717, 1.165) is 66.6 Å². The number of halogens is 1. The molecule has 9 heteroatoms. The van der Waals surface area contributed by atoms with Gasteiger partial charge < -0.3 is 15.2 Å². The number of fused-ring (bicyclic) bond motifs is 1. The monoisotopic (exact) mass is 694 g/mol. The molecule has 0 unspecified atom stereocenters. The van der Waals surface area contributed by atoms with Gasteiger partial charge in [0, 0.05) is 69.2 Å². The van der Waals surface area contributed by atoms with Gasteiger partial charge in [0.2, 0.25) is 11.9 Å². The third-order valence-corrected chi connectivity index (χ3v) is 6.47. The van der Waals surface area contributed by atoms with Crippen molar-refractivity contribution in [2.24, 2.45) is 5.92 Å². The minimum absolute atomic E-state index is 0. The Labute approximate surface area is 227 Å². The number of H-pyrrole nitrogens is 1. The van der Waals surface area contributed by atoms with Crippen molar-refractivity contribution >= 4 is 22.8 Å². The van der Waals surface area contributed by atoms with Crippen LogP contribution in [0.15, 0.2) is 54.9 Å². The van der Waals surface area contributed by atoms with Gasteiger partial charge in [0.25, 0.3) is 0 Å². The summed E-state index contributed by atoms with van der Waals surface area (Å²) in [5.74, 6) is 1.73. The molecule has 2 fully saturated rings. The SMILES string of the molecule is Fc1cc(-c2ccc3nc(Nc4cc(CN5CCN([CH-]C6CC6)CC5)ccn4)[nH]c3c2)ccn1.[U]. The van der Waals surface area contributed by atoms with Crippen LogP contribution in [0.5, 0.6) is 0 Å². The summed E-state index contributed by atoms with van der Waals surface area (Å²) >= 11 is 0. The predicted octanol–water partition coefficient (Wildman–Crippen LogP) is 4.59. The van der Waals surface area contributed by atoms with Crippen LogP contribution in [-0.2, 0) is 6.54 Å². The van der Waals surface area contributed by atoms with Gasteiger partial charge >= 0.3 is 0 Å². The molecular weight excluding hydrogens is 667 g/mol. The second kappa shape index (κ2) is 10.8. The molecule has 3 aromatic heterocycles. The summed E-state index contributed by atoms with van der Waals surface area (Å²) < 4.78 is 13.5. The van der Waals surface area contributed by atoms with Gasteiger partial charge in [-0.2, -0.15) is 10.3 Å². The molecule has 2 aliphatic rings. The molecule has 1 aliphatic carbocycles. The zero-order chi connectivity index (χ0) is 22.9.